The average molecular weight is 468 g/mol. The first kappa shape index (κ1) is 21.8. The molecule has 0 bridgehead atoms. The van der Waals surface area contributed by atoms with Gasteiger partial charge in [0.15, 0.2) is 0 Å². The SMILES string of the molecule is CCn1c(=O)c(-c2ccc(-c3ncccc3C)cc2Cl)cc2cnc(Nc3ccccc3)nc21. The van der Waals surface area contributed by atoms with Gasteiger partial charge >= 0.3 is 0 Å². The highest BCUT2D eigenvalue weighted by atomic mass is 35.5. The van der Waals surface area contributed by atoms with E-state index in [-0.39, 0.29) is 5.56 Å². The van der Waals surface area contributed by atoms with E-state index in [2.05, 4.69) is 20.3 Å². The molecule has 0 saturated heterocycles. The zero-order valence-electron chi connectivity index (χ0n) is 18.8. The molecule has 3 heterocycles. The lowest BCUT2D eigenvalue weighted by atomic mass is 10.0. The predicted octanol–water partition coefficient (Wildman–Crippen LogP) is 6.25. The Morgan fingerprint density at radius 1 is 0.971 bits per heavy atom. The third kappa shape index (κ3) is 4.04. The number of nitrogens with one attached hydrogen (secondary N) is 1. The molecule has 34 heavy (non-hydrogen) atoms. The molecule has 0 aliphatic rings. The zero-order chi connectivity index (χ0) is 23.7. The Balaban J connectivity index is 1.59. The van der Waals surface area contributed by atoms with Crippen LogP contribution < -0.4 is 10.9 Å². The Bertz CT molecular complexity index is 1560. The summed E-state index contributed by atoms with van der Waals surface area (Å²) in [6.45, 7) is 4.40. The van der Waals surface area contributed by atoms with Gasteiger partial charge in [0.25, 0.3) is 5.56 Å². The van der Waals surface area contributed by atoms with E-state index in [4.69, 9.17) is 11.6 Å². The lowest BCUT2D eigenvalue weighted by Gasteiger charge is -2.13. The number of para-hydroxylation sites is 1. The molecule has 6 nitrogen and oxygen atoms in total. The van der Waals surface area contributed by atoms with Gasteiger partial charge in [0.2, 0.25) is 5.95 Å². The largest absolute Gasteiger partial charge is 0.324 e. The van der Waals surface area contributed by atoms with Gasteiger partial charge in [-0.1, -0.05) is 48.0 Å². The molecule has 0 aliphatic carbocycles. The molecular weight excluding hydrogens is 446 g/mol. The van der Waals surface area contributed by atoms with E-state index in [0.29, 0.717) is 34.3 Å². The maximum Gasteiger partial charge on any atom is 0.260 e. The Labute approximate surface area is 201 Å². The maximum atomic E-state index is 13.5. The van der Waals surface area contributed by atoms with Gasteiger partial charge in [0.1, 0.15) is 5.65 Å². The number of halogens is 1. The van der Waals surface area contributed by atoms with Gasteiger partial charge in [0.05, 0.1) is 5.69 Å². The molecule has 0 amide bonds. The highest BCUT2D eigenvalue weighted by molar-refractivity contribution is 6.33. The molecule has 168 valence electrons. The van der Waals surface area contributed by atoms with Crippen LogP contribution in [0.2, 0.25) is 5.02 Å². The van der Waals surface area contributed by atoms with E-state index < -0.39 is 0 Å². The average Bonchev–Trinajstić information content (AvgIpc) is 2.85. The van der Waals surface area contributed by atoms with Crippen molar-refractivity contribution in [2.24, 2.45) is 0 Å². The number of hydrogen-bond donors (Lipinski definition) is 1. The number of aromatic nitrogens is 4. The highest BCUT2D eigenvalue weighted by Gasteiger charge is 2.16. The summed E-state index contributed by atoms with van der Waals surface area (Å²) < 4.78 is 1.65. The molecule has 5 aromatic rings. The lowest BCUT2D eigenvalue weighted by Crippen LogP contribution is -2.22. The minimum Gasteiger partial charge on any atom is -0.324 e. The third-order valence-electron chi connectivity index (χ3n) is 5.72. The summed E-state index contributed by atoms with van der Waals surface area (Å²) in [5.41, 5.74) is 5.30. The Kier molecular flexibility index (Phi) is 5.82. The van der Waals surface area contributed by atoms with Crippen molar-refractivity contribution in [2.45, 2.75) is 20.4 Å². The van der Waals surface area contributed by atoms with Crippen LogP contribution in [0.15, 0.2) is 83.9 Å². The van der Waals surface area contributed by atoms with Gasteiger partial charge in [-0.2, -0.15) is 4.98 Å². The smallest absolute Gasteiger partial charge is 0.260 e. The lowest BCUT2D eigenvalue weighted by molar-refractivity contribution is 0.751. The highest BCUT2D eigenvalue weighted by Crippen LogP contribution is 2.32. The van der Waals surface area contributed by atoms with Crippen molar-refractivity contribution in [1.82, 2.24) is 19.5 Å². The Morgan fingerprint density at radius 3 is 2.53 bits per heavy atom. The van der Waals surface area contributed by atoms with Crippen LogP contribution in [0, 0.1) is 6.92 Å². The fourth-order valence-corrected chi connectivity index (χ4v) is 4.31. The fourth-order valence-electron chi connectivity index (χ4n) is 4.02. The van der Waals surface area contributed by atoms with Crippen LogP contribution in [0.5, 0.6) is 0 Å². The molecular formula is C27H22ClN5O. The Morgan fingerprint density at radius 2 is 1.79 bits per heavy atom. The summed E-state index contributed by atoms with van der Waals surface area (Å²) in [5.74, 6) is 0.432. The van der Waals surface area contributed by atoms with E-state index in [1.807, 2.05) is 80.6 Å². The van der Waals surface area contributed by atoms with Crippen LogP contribution in [0.25, 0.3) is 33.4 Å². The first-order valence-corrected chi connectivity index (χ1v) is 11.4. The second-order valence-corrected chi connectivity index (χ2v) is 8.34. The molecule has 0 spiro atoms. The molecule has 0 atom stereocenters. The fraction of sp³-hybridized carbons (Fsp3) is 0.111. The normalized spacial score (nSPS) is 11.0. The molecule has 0 saturated carbocycles. The molecule has 1 N–H and O–H groups in total. The number of fused-ring (bicyclic) bond motifs is 1. The molecule has 3 aromatic heterocycles. The summed E-state index contributed by atoms with van der Waals surface area (Å²) >= 11 is 6.68. The van der Waals surface area contributed by atoms with Crippen molar-refractivity contribution in [1.29, 1.82) is 0 Å². The van der Waals surface area contributed by atoms with Gasteiger partial charge in [-0.15, -0.1) is 0 Å². The standard InChI is InChI=1S/C27H22ClN5O/c1-3-33-25-19(16-30-27(32-25)31-20-9-5-4-6-10-20)14-22(26(33)34)21-12-11-18(15-23(21)28)24-17(2)8-7-13-29-24/h4-16H,3H2,1-2H3,(H,30,31,32). The third-order valence-corrected chi connectivity index (χ3v) is 6.03. The molecule has 7 heteroatoms. The Hall–Kier alpha value is -4.03. The summed E-state index contributed by atoms with van der Waals surface area (Å²) in [6.07, 6.45) is 3.48. The van der Waals surface area contributed by atoms with E-state index in [9.17, 15) is 4.79 Å². The second-order valence-electron chi connectivity index (χ2n) is 7.93. The van der Waals surface area contributed by atoms with Crippen molar-refractivity contribution < 1.29 is 0 Å². The van der Waals surface area contributed by atoms with Crippen molar-refractivity contribution >= 4 is 34.3 Å². The van der Waals surface area contributed by atoms with Crippen molar-refractivity contribution in [3.05, 3.63) is 100 Å². The first-order chi connectivity index (χ1) is 16.5. The summed E-state index contributed by atoms with van der Waals surface area (Å²) in [6, 6.07) is 21.1. The number of aryl methyl sites for hydroxylation is 2. The van der Waals surface area contributed by atoms with E-state index in [0.717, 1.165) is 27.9 Å². The molecule has 0 fully saturated rings. The summed E-state index contributed by atoms with van der Waals surface area (Å²) in [7, 11) is 0. The van der Waals surface area contributed by atoms with Gasteiger partial charge in [-0.3, -0.25) is 14.3 Å². The minimum atomic E-state index is -0.150. The maximum absolute atomic E-state index is 13.5. The number of benzene rings is 2. The van der Waals surface area contributed by atoms with Crippen molar-refractivity contribution in [2.75, 3.05) is 5.32 Å². The number of hydrogen-bond acceptors (Lipinski definition) is 5. The van der Waals surface area contributed by atoms with Gasteiger partial charge in [-0.05, 0) is 49.7 Å². The van der Waals surface area contributed by atoms with Crippen LogP contribution in [0.1, 0.15) is 12.5 Å². The van der Waals surface area contributed by atoms with E-state index in [1.54, 1.807) is 17.0 Å². The number of nitrogens with zero attached hydrogens (tertiary/aromatic N) is 4. The van der Waals surface area contributed by atoms with E-state index >= 15 is 0 Å². The zero-order valence-corrected chi connectivity index (χ0v) is 19.5. The minimum absolute atomic E-state index is 0.150. The molecule has 5 rings (SSSR count). The number of rotatable bonds is 5. The van der Waals surface area contributed by atoms with Crippen LogP contribution in [-0.4, -0.2) is 19.5 Å². The van der Waals surface area contributed by atoms with Crippen LogP contribution >= 0.6 is 11.6 Å². The van der Waals surface area contributed by atoms with Crippen molar-refractivity contribution in [3.8, 4) is 22.4 Å². The van der Waals surface area contributed by atoms with Crippen molar-refractivity contribution in [3.63, 3.8) is 0 Å². The van der Waals surface area contributed by atoms with Crippen LogP contribution in [-0.2, 0) is 6.54 Å². The predicted molar refractivity (Wildman–Crippen MR) is 138 cm³/mol. The second kappa shape index (κ2) is 9.08. The quantitative estimate of drug-likeness (QED) is 0.331. The summed E-state index contributed by atoms with van der Waals surface area (Å²) in [4.78, 5) is 27.0. The first-order valence-electron chi connectivity index (χ1n) is 11.0. The molecule has 0 radical (unpaired) electrons. The number of anilines is 2. The van der Waals surface area contributed by atoms with Gasteiger partial charge in [0, 0.05) is 51.7 Å². The molecule has 0 unspecified atom stereocenters. The topological polar surface area (TPSA) is 72.7 Å². The van der Waals surface area contributed by atoms with Gasteiger partial charge in [-0.25, -0.2) is 4.98 Å². The van der Waals surface area contributed by atoms with Crippen LogP contribution in [0.4, 0.5) is 11.6 Å². The van der Waals surface area contributed by atoms with E-state index in [1.165, 1.54) is 0 Å². The number of pyridine rings is 2. The monoisotopic (exact) mass is 467 g/mol. The van der Waals surface area contributed by atoms with Crippen LogP contribution in [0.3, 0.4) is 0 Å². The summed E-state index contributed by atoms with van der Waals surface area (Å²) in [5, 5.41) is 4.43. The molecule has 0 aliphatic heterocycles. The van der Waals surface area contributed by atoms with Gasteiger partial charge < -0.3 is 5.32 Å². The molecule has 2 aromatic carbocycles.